The average molecular weight is 412 g/mol. The molecule has 2 aromatic heterocycles. The summed E-state index contributed by atoms with van der Waals surface area (Å²) in [4.78, 5) is 19.3. The molecule has 0 amide bonds. The predicted molar refractivity (Wildman–Crippen MR) is 123 cm³/mol. The van der Waals surface area contributed by atoms with Gasteiger partial charge in [0, 0.05) is 11.5 Å². The van der Waals surface area contributed by atoms with Crippen molar-refractivity contribution in [1.82, 2.24) is 14.4 Å². The van der Waals surface area contributed by atoms with E-state index in [4.69, 9.17) is 4.42 Å². The summed E-state index contributed by atoms with van der Waals surface area (Å²) in [6.45, 7) is 4.46. The summed E-state index contributed by atoms with van der Waals surface area (Å²) in [5.74, 6) is 0. The van der Waals surface area contributed by atoms with E-state index in [0.29, 0.717) is 23.2 Å². The van der Waals surface area contributed by atoms with Crippen molar-refractivity contribution in [3.05, 3.63) is 88.3 Å². The lowest BCUT2D eigenvalue weighted by atomic mass is 9.89. The number of hydrogen-bond acceptors (Lipinski definition) is 2. The van der Waals surface area contributed by atoms with E-state index in [9.17, 15) is 4.79 Å². The van der Waals surface area contributed by atoms with Gasteiger partial charge in [0.2, 0.25) is 0 Å². The quantitative estimate of drug-likeness (QED) is 0.377. The Balaban J connectivity index is 1.34. The van der Waals surface area contributed by atoms with E-state index in [1.807, 2.05) is 48.5 Å². The highest BCUT2D eigenvalue weighted by Crippen LogP contribution is 2.47. The molecule has 5 heteroatoms. The minimum atomic E-state index is -0.305. The Morgan fingerprint density at radius 1 is 0.968 bits per heavy atom. The Hall–Kier alpha value is -3.47. The van der Waals surface area contributed by atoms with Crippen LogP contribution in [0.3, 0.4) is 0 Å². The molecule has 0 bridgehead atoms. The minimum Gasteiger partial charge on any atom is -0.422 e. The summed E-state index contributed by atoms with van der Waals surface area (Å²) < 4.78 is 5.71. The molecule has 5 nitrogen and oxygen atoms in total. The Kier molecular flexibility index (Phi) is 4.00. The first-order valence-corrected chi connectivity index (χ1v) is 11.1. The van der Waals surface area contributed by atoms with E-state index in [0.717, 1.165) is 23.1 Å². The minimum absolute atomic E-state index is 0.305. The highest BCUT2D eigenvalue weighted by Gasteiger charge is 2.47. The van der Waals surface area contributed by atoms with Crippen LogP contribution in [0, 0.1) is 0 Å². The van der Waals surface area contributed by atoms with Gasteiger partial charge >= 0.3 is 5.63 Å². The first-order valence-electron chi connectivity index (χ1n) is 11.1. The van der Waals surface area contributed by atoms with Crippen LogP contribution in [0.15, 0.2) is 87.1 Å². The summed E-state index contributed by atoms with van der Waals surface area (Å²) in [6.07, 6.45) is 8.42. The van der Waals surface area contributed by atoms with Gasteiger partial charge in [-0.15, -0.1) is 0 Å². The number of benzene rings is 2. The molecule has 2 aromatic carbocycles. The van der Waals surface area contributed by atoms with E-state index < -0.39 is 0 Å². The normalized spacial score (nSPS) is 19.5. The van der Waals surface area contributed by atoms with Gasteiger partial charge in [-0.2, -0.15) is 14.4 Å². The van der Waals surface area contributed by atoms with Gasteiger partial charge in [0.05, 0.1) is 11.3 Å². The van der Waals surface area contributed by atoms with E-state index in [-0.39, 0.29) is 5.63 Å². The third-order valence-corrected chi connectivity index (χ3v) is 6.58. The molecule has 156 valence electrons. The SMILES string of the molecule is CCCCC1=CC2C(C=C1C)n1n(-c3ccc4cc(-c5ccccc5)c(=O)oc4c3)n12. The molecule has 0 spiro atoms. The molecule has 0 saturated carbocycles. The Bertz CT molecular complexity index is 1410. The van der Waals surface area contributed by atoms with Crippen molar-refractivity contribution in [2.75, 3.05) is 0 Å². The van der Waals surface area contributed by atoms with Crippen LogP contribution >= 0.6 is 0 Å². The fourth-order valence-electron chi connectivity index (χ4n) is 4.84. The van der Waals surface area contributed by atoms with Crippen molar-refractivity contribution in [3.63, 3.8) is 0 Å². The third-order valence-electron chi connectivity index (χ3n) is 6.58. The van der Waals surface area contributed by atoms with Gasteiger partial charge < -0.3 is 4.42 Å². The Morgan fingerprint density at radius 2 is 1.74 bits per heavy atom. The lowest BCUT2D eigenvalue weighted by Gasteiger charge is -2.29. The summed E-state index contributed by atoms with van der Waals surface area (Å²) in [5, 5.41) is 0.927. The number of nitrogens with zero attached hydrogens (tertiary/aromatic N) is 3. The van der Waals surface area contributed by atoms with Crippen molar-refractivity contribution in [2.24, 2.45) is 0 Å². The second-order valence-electron chi connectivity index (χ2n) is 8.59. The number of aromatic nitrogens is 3. The largest absolute Gasteiger partial charge is 0.422 e. The number of unbranched alkanes of at least 4 members (excludes halogenated alkanes) is 1. The molecule has 1 aliphatic heterocycles. The number of fused-ring (bicyclic) bond motifs is 5. The van der Waals surface area contributed by atoms with Crippen LogP contribution in [0.4, 0.5) is 0 Å². The van der Waals surface area contributed by atoms with Gasteiger partial charge in [-0.1, -0.05) is 55.8 Å². The molecule has 0 saturated heterocycles. The molecule has 2 unspecified atom stereocenters. The van der Waals surface area contributed by atoms with Crippen LogP contribution < -0.4 is 5.63 Å². The Labute approximate surface area is 180 Å². The lowest BCUT2D eigenvalue weighted by Crippen LogP contribution is -2.28. The van der Waals surface area contributed by atoms with Crippen molar-refractivity contribution in [1.29, 1.82) is 0 Å². The van der Waals surface area contributed by atoms with E-state index >= 15 is 0 Å². The maximum absolute atomic E-state index is 12.6. The number of allylic oxidation sites excluding steroid dienone is 4. The first kappa shape index (κ1) is 18.3. The zero-order valence-corrected chi connectivity index (χ0v) is 17.8. The highest BCUT2D eigenvalue weighted by molar-refractivity contribution is 5.83. The third kappa shape index (κ3) is 2.80. The zero-order chi connectivity index (χ0) is 21.1. The summed E-state index contributed by atoms with van der Waals surface area (Å²) >= 11 is 0. The molecule has 4 aromatic rings. The van der Waals surface area contributed by atoms with Gasteiger partial charge in [0.25, 0.3) is 0 Å². The smallest absolute Gasteiger partial charge is 0.344 e. The predicted octanol–water partition coefficient (Wildman–Crippen LogP) is 6.03. The molecule has 2 aliphatic rings. The second-order valence-corrected chi connectivity index (χ2v) is 8.59. The van der Waals surface area contributed by atoms with Crippen molar-refractivity contribution in [3.8, 4) is 16.8 Å². The van der Waals surface area contributed by atoms with Crippen LogP contribution in [0.25, 0.3) is 27.8 Å². The summed E-state index contributed by atoms with van der Waals surface area (Å²) in [7, 11) is 0. The van der Waals surface area contributed by atoms with Gasteiger partial charge in [0.15, 0.2) is 0 Å². The standard InChI is InChI=1S/C26H25N3O2/c1-3-4-8-19-15-24-23(13-17(19)2)28-27(29(24)28)21-12-11-20-14-22(18-9-6-5-7-10-18)26(30)31-25(20)16-21/h5-7,9-16,23-24H,3-4,8H2,1-2H3. The number of rotatable bonds is 5. The molecule has 3 heterocycles. The van der Waals surface area contributed by atoms with E-state index in [1.165, 1.54) is 24.0 Å². The van der Waals surface area contributed by atoms with Gasteiger partial charge in [-0.3, -0.25) is 0 Å². The lowest BCUT2D eigenvalue weighted by molar-refractivity contribution is 0.310. The molecule has 0 N–H and O–H groups in total. The monoisotopic (exact) mass is 411 g/mol. The van der Waals surface area contributed by atoms with Crippen molar-refractivity contribution < 1.29 is 4.42 Å². The zero-order valence-electron chi connectivity index (χ0n) is 17.8. The van der Waals surface area contributed by atoms with Crippen LogP contribution in [0.5, 0.6) is 0 Å². The van der Waals surface area contributed by atoms with Crippen LogP contribution in [-0.4, -0.2) is 14.4 Å². The van der Waals surface area contributed by atoms with Crippen LogP contribution in [0.1, 0.15) is 45.2 Å². The fraction of sp³-hybridized carbons (Fsp3) is 0.269. The molecular weight excluding hydrogens is 386 g/mol. The topological polar surface area (TPSA) is 45.0 Å². The molecule has 0 fully saturated rings. The Morgan fingerprint density at radius 3 is 2.52 bits per heavy atom. The first-order chi connectivity index (χ1) is 15.2. The van der Waals surface area contributed by atoms with Crippen molar-refractivity contribution in [2.45, 2.75) is 45.2 Å². The fourth-order valence-corrected chi connectivity index (χ4v) is 4.84. The molecule has 0 radical (unpaired) electrons. The average Bonchev–Trinajstić information content (AvgIpc) is 3.46. The van der Waals surface area contributed by atoms with Crippen LogP contribution in [-0.2, 0) is 0 Å². The number of hydrogen-bond donors (Lipinski definition) is 0. The highest BCUT2D eigenvalue weighted by atomic mass is 16.4. The van der Waals surface area contributed by atoms with Crippen molar-refractivity contribution >= 4 is 11.0 Å². The molecular formula is C26H25N3O2. The van der Waals surface area contributed by atoms with E-state index in [2.05, 4.69) is 46.5 Å². The summed E-state index contributed by atoms with van der Waals surface area (Å²) in [6, 6.07) is 18.5. The second kappa shape index (κ2) is 6.77. The molecule has 1 aliphatic carbocycles. The van der Waals surface area contributed by atoms with Gasteiger partial charge in [-0.05, 0) is 54.7 Å². The van der Waals surface area contributed by atoms with Crippen LogP contribution in [0.2, 0.25) is 0 Å². The molecule has 6 rings (SSSR count). The van der Waals surface area contributed by atoms with Gasteiger partial charge in [0.1, 0.15) is 17.7 Å². The van der Waals surface area contributed by atoms with Gasteiger partial charge in [-0.25, -0.2) is 4.79 Å². The maximum Gasteiger partial charge on any atom is 0.344 e. The molecule has 31 heavy (non-hydrogen) atoms. The maximum atomic E-state index is 12.6. The molecule has 2 atom stereocenters. The summed E-state index contributed by atoms with van der Waals surface area (Å²) in [5.41, 5.74) is 5.68. The van der Waals surface area contributed by atoms with E-state index in [1.54, 1.807) is 0 Å².